The summed E-state index contributed by atoms with van der Waals surface area (Å²) in [5.41, 5.74) is 9.93. The first-order valence-electron chi connectivity index (χ1n) is 9.24. The zero-order valence-corrected chi connectivity index (χ0v) is 16.2. The van der Waals surface area contributed by atoms with Crippen LogP contribution < -0.4 is 16.4 Å². The van der Waals surface area contributed by atoms with Crippen LogP contribution in [-0.4, -0.2) is 28.8 Å². The lowest BCUT2D eigenvalue weighted by molar-refractivity contribution is 0.100. The third-order valence-electron chi connectivity index (χ3n) is 5.25. The number of primary amides is 1. The topological polar surface area (TPSA) is 79.5 Å². The lowest BCUT2D eigenvalue weighted by Gasteiger charge is -2.44. The summed E-state index contributed by atoms with van der Waals surface area (Å²) < 4.78 is 0. The van der Waals surface area contributed by atoms with E-state index in [0.29, 0.717) is 12.1 Å². The fraction of sp³-hybridized carbons (Fsp3) is 0.333. The third kappa shape index (κ3) is 3.54. The summed E-state index contributed by atoms with van der Waals surface area (Å²) >= 11 is 1.97. The number of fused-ring (bicyclic) bond motifs is 1. The van der Waals surface area contributed by atoms with Gasteiger partial charge in [-0.1, -0.05) is 35.9 Å². The molecule has 4 N–H and O–H groups in total. The molecule has 27 heavy (non-hydrogen) atoms. The summed E-state index contributed by atoms with van der Waals surface area (Å²) in [6.45, 7) is 2.70. The molecule has 1 fully saturated rings. The molecule has 140 valence electrons. The molecule has 2 aromatic rings. The summed E-state index contributed by atoms with van der Waals surface area (Å²) in [4.78, 5) is 16.8. The molecule has 1 saturated heterocycles. The Kier molecular flexibility index (Phi) is 4.83. The van der Waals surface area contributed by atoms with Gasteiger partial charge < -0.3 is 16.4 Å². The highest BCUT2D eigenvalue weighted by Crippen LogP contribution is 2.40. The number of hydrogen-bond donors (Lipinski definition) is 3. The number of para-hydroxylation sites is 1. The van der Waals surface area contributed by atoms with E-state index in [1.807, 2.05) is 23.9 Å². The number of nitrogens with two attached hydrogens (primary N) is 1. The number of aliphatic imine (C=N–C) groups is 1. The Morgan fingerprint density at radius 1 is 1.22 bits per heavy atom. The first-order valence-corrected chi connectivity index (χ1v) is 10.4. The van der Waals surface area contributed by atoms with Gasteiger partial charge in [-0.2, -0.15) is 11.8 Å². The number of aryl methyl sites for hydroxylation is 1. The van der Waals surface area contributed by atoms with E-state index in [4.69, 9.17) is 10.7 Å². The Morgan fingerprint density at radius 2 is 2.00 bits per heavy atom. The second-order valence-corrected chi connectivity index (χ2v) is 8.42. The molecular formula is C21H24N4OS. The normalized spacial score (nSPS) is 19.2. The molecule has 0 radical (unpaired) electrons. The summed E-state index contributed by atoms with van der Waals surface area (Å²) in [5.74, 6) is 2.64. The smallest absolute Gasteiger partial charge is 0.250 e. The van der Waals surface area contributed by atoms with Crippen LogP contribution >= 0.6 is 11.8 Å². The van der Waals surface area contributed by atoms with E-state index in [-0.39, 0.29) is 5.54 Å². The van der Waals surface area contributed by atoms with Gasteiger partial charge in [0.25, 0.3) is 5.91 Å². The molecule has 0 aromatic heterocycles. The average Bonchev–Trinajstić information content (AvgIpc) is 2.66. The fourth-order valence-corrected chi connectivity index (χ4v) is 4.99. The van der Waals surface area contributed by atoms with Crippen LogP contribution in [0.3, 0.4) is 0 Å². The van der Waals surface area contributed by atoms with Crippen molar-refractivity contribution in [3.63, 3.8) is 0 Å². The lowest BCUT2D eigenvalue weighted by Crippen LogP contribution is -2.55. The van der Waals surface area contributed by atoms with Gasteiger partial charge in [0, 0.05) is 0 Å². The van der Waals surface area contributed by atoms with Gasteiger partial charge in [0.05, 0.1) is 29.0 Å². The minimum atomic E-state index is -0.436. The van der Waals surface area contributed by atoms with Gasteiger partial charge in [0.1, 0.15) is 5.84 Å². The van der Waals surface area contributed by atoms with Crippen molar-refractivity contribution in [2.24, 2.45) is 10.7 Å². The number of thioether (sulfide) groups is 1. The van der Waals surface area contributed by atoms with E-state index in [1.165, 1.54) is 11.1 Å². The zero-order chi connectivity index (χ0) is 18.9. The Balaban J connectivity index is 1.73. The van der Waals surface area contributed by atoms with Crippen molar-refractivity contribution in [1.29, 1.82) is 0 Å². The van der Waals surface area contributed by atoms with E-state index in [0.717, 1.165) is 41.6 Å². The molecule has 0 atom stereocenters. The standard InChI is InChI=1S/C21H24N4OS/c1-14-4-2-5-15(12-14)13-23-20-21(8-10-27-11-9-21)25-17-7-3-6-16(19(22)26)18(17)24-20/h2-7,12,25H,8-11,13H2,1H3,(H2,22,26)(H,23,24). The summed E-state index contributed by atoms with van der Waals surface area (Å²) in [6.07, 6.45) is 2.00. The number of anilines is 2. The predicted octanol–water partition coefficient (Wildman–Crippen LogP) is 3.80. The van der Waals surface area contributed by atoms with Crippen LogP contribution in [0.2, 0.25) is 0 Å². The molecule has 6 heteroatoms. The van der Waals surface area contributed by atoms with Crippen LogP contribution in [0.1, 0.15) is 34.3 Å². The van der Waals surface area contributed by atoms with E-state index in [9.17, 15) is 4.79 Å². The van der Waals surface area contributed by atoms with Crippen molar-refractivity contribution in [1.82, 2.24) is 0 Å². The minimum absolute atomic E-state index is 0.210. The minimum Gasteiger partial charge on any atom is -0.371 e. The van der Waals surface area contributed by atoms with Crippen LogP contribution in [0, 0.1) is 6.92 Å². The first-order chi connectivity index (χ1) is 13.1. The second-order valence-electron chi connectivity index (χ2n) is 7.19. The first kappa shape index (κ1) is 17.9. The molecule has 5 nitrogen and oxygen atoms in total. The molecule has 1 amide bonds. The van der Waals surface area contributed by atoms with E-state index >= 15 is 0 Å². The van der Waals surface area contributed by atoms with Gasteiger partial charge >= 0.3 is 0 Å². The van der Waals surface area contributed by atoms with Gasteiger partial charge in [-0.3, -0.25) is 9.79 Å². The quantitative estimate of drug-likeness (QED) is 0.757. The van der Waals surface area contributed by atoms with Crippen molar-refractivity contribution in [3.05, 3.63) is 59.2 Å². The molecule has 2 heterocycles. The number of amides is 1. The van der Waals surface area contributed by atoms with Crippen molar-refractivity contribution in [3.8, 4) is 0 Å². The maximum atomic E-state index is 11.9. The monoisotopic (exact) mass is 380 g/mol. The van der Waals surface area contributed by atoms with Crippen LogP contribution in [-0.2, 0) is 6.54 Å². The molecule has 1 spiro atoms. The highest BCUT2D eigenvalue weighted by Gasteiger charge is 2.41. The van der Waals surface area contributed by atoms with Gasteiger partial charge in [-0.25, -0.2) is 0 Å². The van der Waals surface area contributed by atoms with Crippen LogP contribution in [0.25, 0.3) is 0 Å². The van der Waals surface area contributed by atoms with Crippen LogP contribution in [0.15, 0.2) is 47.5 Å². The van der Waals surface area contributed by atoms with E-state index in [2.05, 4.69) is 41.8 Å². The molecule has 0 unspecified atom stereocenters. The van der Waals surface area contributed by atoms with Crippen molar-refractivity contribution < 1.29 is 4.79 Å². The molecular weight excluding hydrogens is 356 g/mol. The zero-order valence-electron chi connectivity index (χ0n) is 15.4. The lowest BCUT2D eigenvalue weighted by atomic mass is 9.87. The molecule has 0 saturated carbocycles. The number of carbonyl (C=O) groups is 1. The third-order valence-corrected chi connectivity index (χ3v) is 6.23. The largest absolute Gasteiger partial charge is 0.371 e. The SMILES string of the molecule is Cc1cccc(CN=C2Nc3c(cccc3C(N)=O)NC23CCSCC3)c1. The number of rotatable bonds is 3. The number of nitrogens with zero attached hydrogens (tertiary/aromatic N) is 1. The number of benzene rings is 2. The van der Waals surface area contributed by atoms with Crippen LogP contribution in [0.5, 0.6) is 0 Å². The highest BCUT2D eigenvalue weighted by atomic mass is 32.2. The number of carbonyl (C=O) groups excluding carboxylic acids is 1. The maximum absolute atomic E-state index is 11.9. The van der Waals surface area contributed by atoms with Crippen molar-refractivity contribution in [2.75, 3.05) is 22.1 Å². The Labute approximate surface area is 163 Å². The van der Waals surface area contributed by atoms with Gasteiger partial charge in [-0.05, 0) is 49.0 Å². The van der Waals surface area contributed by atoms with Gasteiger partial charge in [0.2, 0.25) is 0 Å². The molecule has 2 aliphatic heterocycles. The average molecular weight is 381 g/mol. The Morgan fingerprint density at radius 3 is 2.74 bits per heavy atom. The van der Waals surface area contributed by atoms with E-state index in [1.54, 1.807) is 6.07 Å². The number of nitrogens with one attached hydrogen (secondary N) is 2. The molecule has 2 aliphatic rings. The fourth-order valence-electron chi connectivity index (χ4n) is 3.80. The van der Waals surface area contributed by atoms with Gasteiger partial charge in [-0.15, -0.1) is 0 Å². The highest BCUT2D eigenvalue weighted by molar-refractivity contribution is 7.99. The second kappa shape index (κ2) is 7.27. The number of amidine groups is 1. The molecule has 0 aliphatic carbocycles. The van der Waals surface area contributed by atoms with Crippen molar-refractivity contribution >= 4 is 34.9 Å². The summed E-state index contributed by atoms with van der Waals surface area (Å²) in [7, 11) is 0. The number of hydrogen-bond acceptors (Lipinski definition) is 4. The Hall–Kier alpha value is -2.47. The van der Waals surface area contributed by atoms with E-state index < -0.39 is 5.91 Å². The molecule has 2 aromatic carbocycles. The molecule has 0 bridgehead atoms. The maximum Gasteiger partial charge on any atom is 0.250 e. The predicted molar refractivity (Wildman–Crippen MR) is 114 cm³/mol. The summed E-state index contributed by atoms with van der Waals surface area (Å²) in [6, 6.07) is 14.0. The summed E-state index contributed by atoms with van der Waals surface area (Å²) in [5, 5.41) is 7.16. The van der Waals surface area contributed by atoms with Crippen molar-refractivity contribution in [2.45, 2.75) is 31.8 Å². The van der Waals surface area contributed by atoms with Gasteiger partial charge in [0.15, 0.2) is 0 Å². The van der Waals surface area contributed by atoms with Crippen LogP contribution in [0.4, 0.5) is 11.4 Å². The molecule has 4 rings (SSSR count). The Bertz CT molecular complexity index is 903.